The summed E-state index contributed by atoms with van der Waals surface area (Å²) in [7, 11) is -20.9. The van der Waals surface area contributed by atoms with Gasteiger partial charge in [-0.15, -0.1) is 37.9 Å². The fraction of sp³-hybridized carbons (Fsp3) is 0.443. The second-order valence-electron chi connectivity index (χ2n) is 26.2. The van der Waals surface area contributed by atoms with Gasteiger partial charge >= 0.3 is 38.0 Å². The van der Waals surface area contributed by atoms with Gasteiger partial charge in [-0.25, -0.2) is 36.1 Å². The Morgan fingerprint density at radius 2 is 1.44 bits per heavy atom. The molecule has 5 heterocycles. The molecule has 106 heavy (non-hydrogen) atoms. The molecule has 0 aliphatic carbocycles. The third-order valence-electron chi connectivity index (χ3n) is 18.1. The number of hydrogen-bond acceptors (Lipinski definition) is 25. The zero-order valence-corrected chi connectivity index (χ0v) is 64.9. The topological polar surface area (TPSA) is 452 Å². The van der Waals surface area contributed by atoms with Gasteiger partial charge in [0.2, 0.25) is 27.5 Å². The third-order valence-corrected chi connectivity index (χ3v) is 21.6. The molecule has 6 aromatic rings. The van der Waals surface area contributed by atoms with Gasteiger partial charge in [-0.3, -0.25) is 14.1 Å². The van der Waals surface area contributed by atoms with Crippen molar-refractivity contribution in [2.75, 3.05) is 49.2 Å². The van der Waals surface area contributed by atoms with Crippen molar-refractivity contribution in [3.63, 3.8) is 0 Å². The Labute approximate surface area is 621 Å². The van der Waals surface area contributed by atoms with Crippen LogP contribution in [0.3, 0.4) is 0 Å². The molecule has 36 heteroatoms. The number of rotatable bonds is 28. The molecule has 0 spiro atoms. The summed E-state index contributed by atoms with van der Waals surface area (Å²) < 4.78 is 178. The molecule has 574 valence electrons. The van der Waals surface area contributed by atoms with Gasteiger partial charge in [0, 0.05) is 110 Å². The number of carbonyl (C=O) groups is 2. The van der Waals surface area contributed by atoms with Crippen LogP contribution >= 0.6 is 0 Å². The first-order valence-electron chi connectivity index (χ1n) is 33.6. The third kappa shape index (κ3) is 24.5. The summed E-state index contributed by atoms with van der Waals surface area (Å²) in [6.07, 6.45) is 23.0. The highest BCUT2D eigenvalue weighted by molar-refractivity contribution is 7.89. The van der Waals surface area contributed by atoms with Crippen molar-refractivity contribution in [3.05, 3.63) is 155 Å². The lowest BCUT2D eigenvalue weighted by Gasteiger charge is -2.27. The predicted octanol–water partition coefficient (Wildman–Crippen LogP) is 7.53. The van der Waals surface area contributed by atoms with E-state index in [2.05, 4.69) is 70.3 Å². The van der Waals surface area contributed by atoms with Gasteiger partial charge in [0.25, 0.3) is 10.1 Å². The highest BCUT2D eigenvalue weighted by Gasteiger charge is 2.46. The lowest BCUT2D eigenvalue weighted by molar-refractivity contribution is -0.437. The van der Waals surface area contributed by atoms with E-state index in [-0.39, 0.29) is 66.7 Å². The number of benzene rings is 4. The van der Waals surface area contributed by atoms with E-state index in [0.717, 1.165) is 143 Å². The molecule has 4 aromatic carbocycles. The monoisotopic (exact) mass is 1580 g/mol. The largest absolute Gasteiger partial charge is 0.748 e. The summed E-state index contributed by atoms with van der Waals surface area (Å²) in [6, 6.07) is 18.7. The molecule has 0 saturated heterocycles. The number of anilines is 2. The van der Waals surface area contributed by atoms with Gasteiger partial charge in [-0.05, 0) is 159 Å². The molecule has 3 aliphatic rings. The van der Waals surface area contributed by atoms with Crippen LogP contribution in [0.15, 0.2) is 125 Å². The van der Waals surface area contributed by atoms with Crippen LogP contribution in [-0.4, -0.2) is 165 Å². The highest BCUT2D eigenvalue weighted by Crippen LogP contribution is 2.51. The molecule has 30 nitrogen and oxygen atoms in total. The van der Waals surface area contributed by atoms with Crippen LogP contribution in [0.1, 0.15) is 158 Å². The van der Waals surface area contributed by atoms with Crippen LogP contribution in [-0.2, 0) is 111 Å². The molecule has 3 aliphatic heterocycles. The van der Waals surface area contributed by atoms with Crippen LogP contribution in [0.4, 0.5) is 17.2 Å². The fourth-order valence-electron chi connectivity index (χ4n) is 13.2. The van der Waals surface area contributed by atoms with Crippen LogP contribution < -0.4 is 20.9 Å². The maximum Gasteiger partial charge on any atom is 0.425 e. The Balaban J connectivity index is 0.00000123. The molecule has 0 bridgehead atoms. The van der Waals surface area contributed by atoms with Crippen molar-refractivity contribution < 1.29 is 96.0 Å². The van der Waals surface area contributed by atoms with Crippen molar-refractivity contribution in [3.8, 4) is 0 Å². The van der Waals surface area contributed by atoms with E-state index >= 15 is 0 Å². The number of aromatic nitrogens is 3. The molecule has 0 saturated carbocycles. The minimum Gasteiger partial charge on any atom is -0.748 e. The Morgan fingerprint density at radius 1 is 0.802 bits per heavy atom. The number of aryl methyl sites for hydroxylation is 3. The van der Waals surface area contributed by atoms with Gasteiger partial charge in [0.1, 0.15) is 24.2 Å². The van der Waals surface area contributed by atoms with E-state index in [1.165, 1.54) is 23.5 Å². The molecule has 2 atom stereocenters. The molecule has 0 radical (unpaired) electrons. The number of nitrogens with zero attached hydrogens (tertiary/aromatic N) is 6. The Morgan fingerprint density at radius 3 is 2.08 bits per heavy atom. The number of carbonyl (C=O) groups excluding carboxylic acids is 4. The van der Waals surface area contributed by atoms with Gasteiger partial charge < -0.3 is 25.4 Å². The summed E-state index contributed by atoms with van der Waals surface area (Å²) in [4.78, 5) is 58.6. The van der Waals surface area contributed by atoms with E-state index in [4.69, 9.17) is 52.5 Å². The molecular weight excluding hydrogens is 1500 g/mol. The van der Waals surface area contributed by atoms with Crippen LogP contribution in [0.2, 0.25) is 0 Å². The second kappa shape index (κ2) is 39.6. The van der Waals surface area contributed by atoms with E-state index in [0.29, 0.717) is 23.2 Å². The van der Waals surface area contributed by atoms with E-state index in [1.54, 1.807) is 25.1 Å². The molecule has 1 unspecified atom stereocenters. The van der Waals surface area contributed by atoms with E-state index < -0.39 is 84.7 Å². The van der Waals surface area contributed by atoms with Crippen LogP contribution in [0.25, 0.3) is 21.5 Å². The molecule has 2 amide bonds. The first-order chi connectivity index (χ1) is 49.7. The SMILES string of the molecule is CCC[N+]1=C(C=CC=CC=C2N(CCCS(=O)(=O)[O-])c3ccc4ccc(S(=O)(=O)O)cc4c3C2(C)C)C(C)(C)c2c1ccc1c(S(=O)(=O)N(C)CCCC(=O)NC(C)C(=O)NCc3cc4c(nc3CCCCCC[C@@H](C)c3cnc(C)nc3)NCCC4)cccc21.O=C=O.O=S(=O)=O.O=S(=O)=O.O=S(=O)=O. The van der Waals surface area contributed by atoms with Crippen molar-refractivity contribution in [2.45, 2.75) is 172 Å². The number of hydrogen-bond donors (Lipinski definition) is 4. The summed E-state index contributed by atoms with van der Waals surface area (Å²) in [5.74, 6) is 0.847. The van der Waals surface area contributed by atoms with Crippen LogP contribution in [0, 0.1) is 6.92 Å². The zero-order chi connectivity index (χ0) is 79.1. The summed E-state index contributed by atoms with van der Waals surface area (Å²) in [5.41, 5.74) is 8.20. The fourth-order valence-corrected chi connectivity index (χ4v) is 15.6. The number of nitrogens with one attached hydrogen (secondary N) is 3. The zero-order valence-electron chi connectivity index (χ0n) is 60.0. The average Bonchev–Trinajstić information content (AvgIpc) is 1.56. The molecule has 4 N–H and O–H groups in total. The van der Waals surface area contributed by atoms with E-state index in [9.17, 15) is 43.9 Å². The number of amides is 2. The van der Waals surface area contributed by atoms with Crippen molar-refractivity contribution >= 4 is 125 Å². The Hall–Kier alpha value is -8.97. The number of sulfonamides is 1. The van der Waals surface area contributed by atoms with Gasteiger partial charge in [-0.1, -0.05) is 89.5 Å². The van der Waals surface area contributed by atoms with Crippen molar-refractivity contribution in [2.24, 2.45) is 0 Å². The van der Waals surface area contributed by atoms with Crippen molar-refractivity contribution in [1.82, 2.24) is 29.9 Å². The molecule has 9 rings (SSSR count). The lowest BCUT2D eigenvalue weighted by Crippen LogP contribution is -2.44. The predicted molar refractivity (Wildman–Crippen MR) is 392 cm³/mol. The quantitative estimate of drug-likeness (QED) is 0.0159. The number of pyridine rings is 1. The molecular formula is C70H87N9O21S6. The molecule has 2 aromatic heterocycles. The summed E-state index contributed by atoms with van der Waals surface area (Å²) in [5, 5.41) is 12.0. The standard InChI is InChI=1S/C69H87N9O10S3.CO2.3O3S/c1-10-37-77-59-35-33-54-55(64(59)68(5,6)61(77)27-16-13-17-28-62-69(7,8)65-56-42-53(91(86,87)88)32-30-49(56)31-34-58(65)78(62)39-21-40-89(81,82)83)24-18-26-60(54)90(84,85)76(9)38-20-29-63(79)74-47(3)67(80)73-43-51-41-50-23-19-36-70-66(50)75-57(51)25-15-12-11-14-22-46(2)52-44-71-48(4)72-45-52;2-1-3;3*1-4(2)3/h13,16-18,24,26-28,30-35,41-42,44-47H,10-12,14-15,19-23,25,29,36-40,43H2,1-9H3,(H4-,70,73,74,75,79,80,81,82,83,86,87,88);;;;/t46-,47?;;;;/m1..../s1. The van der Waals surface area contributed by atoms with Gasteiger partial charge in [0.15, 0.2) is 5.71 Å². The second-order valence-corrected chi connectivity index (χ2v) is 32.3. The normalized spacial score (nSPS) is 15.1. The first kappa shape index (κ1) is 87.7. The highest BCUT2D eigenvalue weighted by atomic mass is 32.2. The first-order valence-corrected chi connectivity index (χ1v) is 41.1. The lowest BCUT2D eigenvalue weighted by atomic mass is 9.79. The summed E-state index contributed by atoms with van der Waals surface area (Å²) >= 11 is 0. The van der Waals surface area contributed by atoms with Gasteiger partial charge in [0.05, 0.1) is 25.3 Å². The maximum atomic E-state index is 14.5. The number of unbranched alkanes of at least 4 members (excludes halogenated alkanes) is 3. The van der Waals surface area contributed by atoms with Crippen LogP contribution in [0.5, 0.6) is 0 Å². The van der Waals surface area contributed by atoms with Gasteiger partial charge in [-0.2, -0.15) is 22.6 Å². The average molecular weight is 1580 g/mol. The molecule has 0 fully saturated rings. The minimum absolute atomic E-state index is 0.00842. The Kier molecular flexibility index (Phi) is 32.7. The summed E-state index contributed by atoms with van der Waals surface area (Å²) in [6.45, 7) is 18.2. The van der Waals surface area contributed by atoms with Crippen molar-refractivity contribution in [1.29, 1.82) is 0 Å². The maximum absolute atomic E-state index is 14.5. The number of fused-ring (bicyclic) bond motifs is 7. The Bertz CT molecular complexity index is 5020. The van der Waals surface area contributed by atoms with E-state index in [1.807, 2.05) is 92.7 Å². The number of allylic oxidation sites excluding steroid dienone is 6. The minimum atomic E-state index is -4.52. The smallest absolute Gasteiger partial charge is 0.425 e.